The number of fused-ring (bicyclic) bond motifs is 1. The number of morpholine rings is 1. The predicted octanol–water partition coefficient (Wildman–Crippen LogP) is -1.23. The van der Waals surface area contributed by atoms with Crippen molar-refractivity contribution in [2.45, 2.75) is 14.5 Å². The van der Waals surface area contributed by atoms with E-state index in [0.29, 0.717) is 31.1 Å². The number of ether oxygens (including phenoxy) is 1. The first-order valence-corrected chi connectivity index (χ1v) is 11.1. The van der Waals surface area contributed by atoms with E-state index in [1.807, 2.05) is 0 Å². The van der Waals surface area contributed by atoms with Crippen LogP contribution in [0.3, 0.4) is 0 Å². The van der Waals surface area contributed by atoms with Gasteiger partial charge in [0.25, 0.3) is 10.0 Å². The molecular weight excluding hydrogens is 378 g/mol. The molecular formula is C12H19N3O6S3. The Morgan fingerprint density at radius 3 is 2.62 bits per heavy atom. The first-order valence-electron chi connectivity index (χ1n) is 7.34. The number of sulfonamides is 2. The van der Waals surface area contributed by atoms with E-state index >= 15 is 0 Å². The van der Waals surface area contributed by atoms with Crippen molar-refractivity contribution in [1.82, 2.24) is 9.21 Å². The molecule has 0 radical (unpaired) electrons. The zero-order valence-corrected chi connectivity index (χ0v) is 15.2. The number of β-amino-alcohol motifs (C(OH)–C–C–N with tert-alkyl or cyclic N) is 1. The zero-order chi connectivity index (χ0) is 17.5. The molecule has 9 nitrogen and oxygen atoms in total. The standard InChI is InChI=1S/C12H19N3O6S3/c13-23(17,18)11-7-9-10(16)8-15(24(19,20)12(9)22-11)2-1-14-3-5-21-6-4-14/h7,10,16H,1-6,8H2,(H2,13,17,18). The van der Waals surface area contributed by atoms with Crippen molar-refractivity contribution in [3.63, 3.8) is 0 Å². The average molecular weight is 398 g/mol. The Morgan fingerprint density at radius 1 is 1.33 bits per heavy atom. The van der Waals surface area contributed by atoms with Gasteiger partial charge in [-0.1, -0.05) is 0 Å². The summed E-state index contributed by atoms with van der Waals surface area (Å²) in [7, 11) is -7.86. The largest absolute Gasteiger partial charge is 0.387 e. The van der Waals surface area contributed by atoms with Crippen molar-refractivity contribution >= 4 is 31.4 Å². The van der Waals surface area contributed by atoms with Gasteiger partial charge in [0.1, 0.15) is 8.42 Å². The highest BCUT2D eigenvalue weighted by atomic mass is 32.3. The van der Waals surface area contributed by atoms with Crippen molar-refractivity contribution in [2.75, 3.05) is 45.9 Å². The average Bonchev–Trinajstić information content (AvgIpc) is 2.98. The fourth-order valence-corrected chi connectivity index (χ4v) is 6.97. The number of nitrogens with two attached hydrogens (primary N) is 1. The number of thiophene rings is 1. The normalized spacial score (nSPS) is 25.5. The van der Waals surface area contributed by atoms with E-state index in [1.165, 1.54) is 4.31 Å². The molecule has 0 amide bonds. The first kappa shape index (κ1) is 18.2. The highest BCUT2D eigenvalue weighted by molar-refractivity contribution is 7.94. The Labute approximate surface area is 144 Å². The maximum atomic E-state index is 12.7. The van der Waals surface area contributed by atoms with Crippen LogP contribution in [0.1, 0.15) is 11.7 Å². The molecule has 1 fully saturated rings. The van der Waals surface area contributed by atoms with Gasteiger partial charge in [-0.15, -0.1) is 11.3 Å². The molecule has 2 aliphatic heterocycles. The van der Waals surface area contributed by atoms with Crippen molar-refractivity contribution in [3.8, 4) is 0 Å². The lowest BCUT2D eigenvalue weighted by Gasteiger charge is -2.32. The molecule has 3 heterocycles. The fraction of sp³-hybridized carbons (Fsp3) is 0.667. The maximum absolute atomic E-state index is 12.7. The Bertz CT molecular complexity index is 813. The number of hydrogen-bond acceptors (Lipinski definition) is 8. The molecule has 0 spiro atoms. The summed E-state index contributed by atoms with van der Waals surface area (Å²) in [5.74, 6) is 0. The molecule has 1 aromatic heterocycles. The monoisotopic (exact) mass is 397 g/mol. The highest BCUT2D eigenvalue weighted by Gasteiger charge is 2.39. The van der Waals surface area contributed by atoms with Crippen LogP contribution < -0.4 is 5.14 Å². The SMILES string of the molecule is NS(=O)(=O)c1cc2c(s1)S(=O)(=O)N(CCN1CCOCC1)CC2O. The highest BCUT2D eigenvalue weighted by Crippen LogP contribution is 2.39. The van der Waals surface area contributed by atoms with Crippen LogP contribution in [-0.2, 0) is 24.8 Å². The van der Waals surface area contributed by atoms with Crippen LogP contribution in [-0.4, -0.2) is 77.1 Å². The Balaban J connectivity index is 1.83. The van der Waals surface area contributed by atoms with E-state index in [2.05, 4.69) is 4.90 Å². The molecule has 12 heteroatoms. The second-order valence-corrected chi connectivity index (χ2v) is 10.7. The van der Waals surface area contributed by atoms with Crippen molar-refractivity contribution in [3.05, 3.63) is 11.6 Å². The molecule has 0 aromatic carbocycles. The van der Waals surface area contributed by atoms with Gasteiger partial charge in [0.15, 0.2) is 0 Å². The second kappa shape index (κ2) is 6.61. The van der Waals surface area contributed by atoms with Gasteiger partial charge in [0.05, 0.1) is 19.3 Å². The number of hydrogen-bond donors (Lipinski definition) is 2. The summed E-state index contributed by atoms with van der Waals surface area (Å²) in [6.07, 6.45) is -1.07. The minimum atomic E-state index is -4.02. The predicted molar refractivity (Wildman–Crippen MR) is 86.7 cm³/mol. The number of aliphatic hydroxyl groups is 1. The van der Waals surface area contributed by atoms with E-state index in [0.717, 1.165) is 19.2 Å². The van der Waals surface area contributed by atoms with Gasteiger partial charge in [-0.05, 0) is 6.07 Å². The molecule has 2 aliphatic rings. The molecule has 0 bridgehead atoms. The van der Waals surface area contributed by atoms with Crippen LogP contribution in [0.25, 0.3) is 0 Å². The first-order chi connectivity index (χ1) is 11.2. The number of rotatable bonds is 4. The van der Waals surface area contributed by atoms with Gasteiger partial charge in [-0.3, -0.25) is 4.90 Å². The molecule has 1 unspecified atom stereocenters. The summed E-state index contributed by atoms with van der Waals surface area (Å²) < 4.78 is 54.4. The van der Waals surface area contributed by atoms with Gasteiger partial charge >= 0.3 is 0 Å². The topological polar surface area (TPSA) is 130 Å². The lowest BCUT2D eigenvalue weighted by atomic mass is 10.2. The minimum absolute atomic E-state index is 0.0968. The Morgan fingerprint density at radius 2 is 2.00 bits per heavy atom. The smallest absolute Gasteiger partial charge is 0.253 e. The van der Waals surface area contributed by atoms with E-state index in [1.54, 1.807) is 0 Å². The molecule has 3 rings (SSSR count). The molecule has 1 atom stereocenters. The van der Waals surface area contributed by atoms with Crippen molar-refractivity contribution < 1.29 is 26.7 Å². The summed E-state index contributed by atoms with van der Waals surface area (Å²) in [5.41, 5.74) is 0.103. The van der Waals surface area contributed by atoms with Gasteiger partial charge < -0.3 is 9.84 Å². The molecule has 1 saturated heterocycles. The molecule has 24 heavy (non-hydrogen) atoms. The summed E-state index contributed by atoms with van der Waals surface area (Å²) in [6, 6.07) is 1.15. The van der Waals surface area contributed by atoms with Crippen molar-refractivity contribution in [2.24, 2.45) is 5.14 Å². The minimum Gasteiger partial charge on any atom is -0.387 e. The van der Waals surface area contributed by atoms with E-state index in [4.69, 9.17) is 9.88 Å². The summed E-state index contributed by atoms with van der Waals surface area (Å²) in [4.78, 5) is 2.09. The van der Waals surface area contributed by atoms with Crippen LogP contribution in [0.4, 0.5) is 0 Å². The van der Waals surface area contributed by atoms with E-state index < -0.39 is 26.2 Å². The fourth-order valence-electron chi connectivity index (χ4n) is 2.74. The van der Waals surface area contributed by atoms with E-state index in [-0.39, 0.29) is 27.1 Å². The number of primary sulfonamides is 1. The van der Waals surface area contributed by atoms with E-state index in [9.17, 15) is 21.9 Å². The third-order valence-electron chi connectivity index (χ3n) is 4.06. The van der Waals surface area contributed by atoms with Gasteiger partial charge in [-0.25, -0.2) is 22.0 Å². The number of aliphatic hydroxyl groups excluding tert-OH is 1. The van der Waals surface area contributed by atoms with Gasteiger partial charge in [-0.2, -0.15) is 4.31 Å². The molecule has 1 aromatic rings. The quantitative estimate of drug-likeness (QED) is 0.650. The Hall–Kier alpha value is -0.600. The number of nitrogens with zero attached hydrogens (tertiary/aromatic N) is 2. The summed E-state index contributed by atoms with van der Waals surface area (Å²) >= 11 is 0.582. The molecule has 136 valence electrons. The third kappa shape index (κ3) is 3.51. The molecule has 0 saturated carbocycles. The van der Waals surface area contributed by atoms with Gasteiger partial charge in [0, 0.05) is 38.3 Å². The van der Waals surface area contributed by atoms with Crippen molar-refractivity contribution in [1.29, 1.82) is 0 Å². The Kier molecular flexibility index (Phi) is 5.01. The van der Waals surface area contributed by atoms with Gasteiger partial charge in [0.2, 0.25) is 10.0 Å². The maximum Gasteiger partial charge on any atom is 0.253 e. The van der Waals surface area contributed by atoms with Crippen LogP contribution >= 0.6 is 11.3 Å². The summed E-state index contributed by atoms with van der Waals surface area (Å²) in [5, 5.41) is 15.3. The third-order valence-corrected chi connectivity index (χ3v) is 9.03. The molecule has 3 N–H and O–H groups in total. The summed E-state index contributed by atoms with van der Waals surface area (Å²) in [6.45, 7) is 3.34. The van der Waals surface area contributed by atoms with Crippen LogP contribution in [0, 0.1) is 0 Å². The van der Waals surface area contributed by atoms with Crippen LogP contribution in [0.15, 0.2) is 14.5 Å². The van der Waals surface area contributed by atoms with Crippen LogP contribution in [0.2, 0.25) is 0 Å². The zero-order valence-electron chi connectivity index (χ0n) is 12.8. The lowest BCUT2D eigenvalue weighted by molar-refractivity contribution is 0.0346. The molecule has 0 aliphatic carbocycles. The van der Waals surface area contributed by atoms with Crippen LogP contribution in [0.5, 0.6) is 0 Å². The lowest BCUT2D eigenvalue weighted by Crippen LogP contribution is -2.45. The second-order valence-electron chi connectivity index (χ2n) is 5.69.